The number of anilines is 6. The van der Waals surface area contributed by atoms with Gasteiger partial charge in [-0.05, 0) is 152 Å². The highest BCUT2D eigenvalue weighted by atomic mass is 15.2. The Balaban J connectivity index is 0.974. The van der Waals surface area contributed by atoms with Crippen LogP contribution < -0.4 is 9.80 Å². The minimum Gasteiger partial charge on any atom is -0.313 e. The van der Waals surface area contributed by atoms with Gasteiger partial charge in [-0.25, -0.2) is 0 Å². The Morgan fingerprint density at radius 3 is 1.10 bits per heavy atom. The molecule has 5 heteroatoms. The van der Waals surface area contributed by atoms with Gasteiger partial charge in [-0.15, -0.1) is 0 Å². The molecule has 0 saturated carbocycles. The molecule has 0 spiro atoms. The molecule has 71 heavy (non-hydrogen) atoms. The summed E-state index contributed by atoms with van der Waals surface area (Å²) in [4.78, 5) is 4.83. The normalized spacial score (nSPS) is 12.3. The first-order valence-electron chi connectivity index (χ1n) is 24.6. The fourth-order valence-corrected chi connectivity index (χ4v) is 11.4. The Labute approximate surface area is 412 Å². The van der Waals surface area contributed by atoms with E-state index in [0.717, 1.165) is 69.4 Å². The molecule has 13 aromatic rings. The van der Waals surface area contributed by atoms with Crippen molar-refractivity contribution < 1.29 is 0 Å². The van der Waals surface area contributed by atoms with E-state index in [2.05, 4.69) is 284 Å². The van der Waals surface area contributed by atoms with Gasteiger partial charge in [0.05, 0.1) is 27.6 Å². The van der Waals surface area contributed by atoms with Crippen molar-refractivity contribution in [2.75, 3.05) is 9.80 Å². The SMILES string of the molecule is C1=Cc2c(n(-c3ccccc3)c3ccc(N(c4ccccc4)c4ccc5c(c4)c4cc(N(c6ccccc6)c6ccc7c(c6)c6ccccc6n7-c6ccccc6)ccc4n5-c4ccccc4)cc23)CC1. The van der Waals surface area contributed by atoms with Crippen molar-refractivity contribution >= 4 is 94.7 Å². The quantitative estimate of drug-likeness (QED) is 0.144. The van der Waals surface area contributed by atoms with E-state index >= 15 is 0 Å². The zero-order chi connectivity index (χ0) is 46.8. The van der Waals surface area contributed by atoms with Crippen LogP contribution in [0.2, 0.25) is 0 Å². The Bertz CT molecular complexity index is 4150. The van der Waals surface area contributed by atoms with E-state index in [1.54, 1.807) is 0 Å². The summed E-state index contributed by atoms with van der Waals surface area (Å²) >= 11 is 0. The van der Waals surface area contributed by atoms with Crippen LogP contribution in [0.4, 0.5) is 34.1 Å². The maximum Gasteiger partial charge on any atom is 0.0542 e. The number of benzene rings is 10. The predicted molar refractivity (Wildman–Crippen MR) is 299 cm³/mol. The summed E-state index contributed by atoms with van der Waals surface area (Å²) in [5, 5.41) is 6.04. The van der Waals surface area contributed by atoms with Crippen molar-refractivity contribution in [2.45, 2.75) is 12.8 Å². The van der Waals surface area contributed by atoms with Gasteiger partial charge in [0.15, 0.2) is 0 Å². The molecule has 10 aromatic carbocycles. The van der Waals surface area contributed by atoms with Crippen molar-refractivity contribution in [3.05, 3.63) is 266 Å². The van der Waals surface area contributed by atoms with Gasteiger partial charge in [-0.2, -0.15) is 0 Å². The van der Waals surface area contributed by atoms with Crippen molar-refractivity contribution in [3.8, 4) is 17.1 Å². The van der Waals surface area contributed by atoms with Crippen LogP contribution in [0.1, 0.15) is 17.7 Å². The van der Waals surface area contributed by atoms with Crippen LogP contribution in [0.5, 0.6) is 0 Å². The molecule has 3 aromatic heterocycles. The topological polar surface area (TPSA) is 21.3 Å². The lowest BCUT2D eigenvalue weighted by Gasteiger charge is -2.26. The second-order valence-electron chi connectivity index (χ2n) is 18.5. The zero-order valence-electron chi connectivity index (χ0n) is 39.0. The first-order chi connectivity index (χ1) is 35.2. The molecule has 0 fully saturated rings. The zero-order valence-corrected chi connectivity index (χ0v) is 39.0. The highest BCUT2D eigenvalue weighted by molar-refractivity contribution is 6.13. The minimum atomic E-state index is 1.01. The third-order valence-corrected chi connectivity index (χ3v) is 14.4. The van der Waals surface area contributed by atoms with Gasteiger partial charge in [0.1, 0.15) is 0 Å². The molecule has 0 aliphatic heterocycles. The number of hydrogen-bond acceptors (Lipinski definition) is 2. The van der Waals surface area contributed by atoms with E-state index in [4.69, 9.17) is 0 Å². The molecule has 0 bridgehead atoms. The predicted octanol–water partition coefficient (Wildman–Crippen LogP) is 17.7. The fourth-order valence-electron chi connectivity index (χ4n) is 11.4. The van der Waals surface area contributed by atoms with E-state index in [1.165, 1.54) is 60.4 Å². The summed E-state index contributed by atoms with van der Waals surface area (Å²) in [5.41, 5.74) is 18.6. The molecule has 14 rings (SSSR count). The fraction of sp³-hybridized carbons (Fsp3) is 0.0303. The average Bonchev–Trinajstić information content (AvgIpc) is 4.07. The van der Waals surface area contributed by atoms with Crippen LogP contribution in [-0.4, -0.2) is 13.7 Å². The lowest BCUT2D eigenvalue weighted by molar-refractivity contribution is 0.888. The monoisotopic (exact) mass is 909 g/mol. The van der Waals surface area contributed by atoms with E-state index in [1.807, 2.05) is 0 Å². The lowest BCUT2D eigenvalue weighted by Crippen LogP contribution is -2.10. The Hall–Kier alpha value is -9.32. The number of hydrogen-bond donors (Lipinski definition) is 0. The molecule has 0 radical (unpaired) electrons. The smallest absolute Gasteiger partial charge is 0.0542 e. The van der Waals surface area contributed by atoms with Crippen molar-refractivity contribution in [1.82, 2.24) is 13.7 Å². The molecule has 0 unspecified atom stereocenters. The van der Waals surface area contributed by atoms with Crippen LogP contribution in [0, 0.1) is 0 Å². The number of nitrogens with zero attached hydrogens (tertiary/aromatic N) is 5. The van der Waals surface area contributed by atoms with Gasteiger partial charge in [0.2, 0.25) is 0 Å². The van der Waals surface area contributed by atoms with Gasteiger partial charge < -0.3 is 23.5 Å². The van der Waals surface area contributed by atoms with E-state index in [9.17, 15) is 0 Å². The molecule has 0 atom stereocenters. The third-order valence-electron chi connectivity index (χ3n) is 14.4. The summed E-state index contributed by atoms with van der Waals surface area (Å²) in [6.45, 7) is 0. The third kappa shape index (κ3) is 6.69. The highest BCUT2D eigenvalue weighted by Gasteiger charge is 2.24. The molecule has 0 amide bonds. The van der Waals surface area contributed by atoms with Crippen LogP contribution in [0.15, 0.2) is 255 Å². The summed E-state index contributed by atoms with van der Waals surface area (Å²) in [5.74, 6) is 0. The minimum absolute atomic E-state index is 1.01. The van der Waals surface area contributed by atoms with Crippen LogP contribution >= 0.6 is 0 Å². The largest absolute Gasteiger partial charge is 0.313 e. The molecule has 1 aliphatic rings. The molecular formula is C66H47N5. The molecule has 3 heterocycles. The number of para-hydroxylation sites is 6. The van der Waals surface area contributed by atoms with Crippen molar-refractivity contribution in [1.29, 1.82) is 0 Å². The highest BCUT2D eigenvalue weighted by Crippen LogP contribution is 2.45. The molecule has 336 valence electrons. The Morgan fingerprint density at radius 1 is 0.282 bits per heavy atom. The number of aromatic nitrogens is 3. The summed E-state index contributed by atoms with van der Waals surface area (Å²) < 4.78 is 7.26. The summed E-state index contributed by atoms with van der Waals surface area (Å²) in [7, 11) is 0. The van der Waals surface area contributed by atoms with Crippen LogP contribution in [0.3, 0.4) is 0 Å². The average molecular weight is 910 g/mol. The number of allylic oxidation sites excluding steroid dienone is 1. The van der Waals surface area contributed by atoms with Crippen molar-refractivity contribution in [3.63, 3.8) is 0 Å². The van der Waals surface area contributed by atoms with E-state index in [-0.39, 0.29) is 0 Å². The van der Waals surface area contributed by atoms with Gasteiger partial charge in [-0.1, -0.05) is 121 Å². The van der Waals surface area contributed by atoms with Crippen LogP contribution in [-0.2, 0) is 6.42 Å². The van der Waals surface area contributed by atoms with E-state index < -0.39 is 0 Å². The molecule has 5 nitrogen and oxygen atoms in total. The maximum absolute atomic E-state index is 2.46. The summed E-state index contributed by atoms with van der Waals surface area (Å²) in [6, 6.07) is 90.6. The second kappa shape index (κ2) is 16.7. The standard InChI is InChI=1S/C66H47N5/c1-6-20-46(21-7-1)67(51-34-38-63-57(42-51)55-30-16-18-32-61(55)69(63)48-24-10-3-11-25-48)53-36-40-65-59(44-53)60-45-54(37-41-66(60)71(65)50-28-14-5-15-29-50)68(47-22-8-2-9-23-47)52-35-39-64-58(43-52)56-31-17-19-33-62(56)70(64)49-26-12-4-13-27-49/h1-18,20-32,34-45H,19,33H2. The molecular weight excluding hydrogens is 863 g/mol. The molecule has 0 N–H and O–H groups in total. The second-order valence-corrected chi connectivity index (χ2v) is 18.5. The van der Waals surface area contributed by atoms with Gasteiger partial charge >= 0.3 is 0 Å². The lowest BCUT2D eigenvalue weighted by atomic mass is 10.0. The first kappa shape index (κ1) is 40.7. The van der Waals surface area contributed by atoms with Crippen LogP contribution in [0.25, 0.3) is 77.7 Å². The Morgan fingerprint density at radius 2 is 0.634 bits per heavy atom. The number of fused-ring (bicyclic) bond motifs is 9. The first-order valence-corrected chi connectivity index (χ1v) is 24.6. The van der Waals surface area contributed by atoms with Crippen molar-refractivity contribution in [2.24, 2.45) is 0 Å². The Kier molecular flexibility index (Phi) is 9.59. The van der Waals surface area contributed by atoms with Gasteiger partial charge in [-0.3, -0.25) is 0 Å². The maximum atomic E-state index is 2.46. The van der Waals surface area contributed by atoms with Gasteiger partial charge in [0, 0.05) is 89.4 Å². The number of rotatable bonds is 9. The van der Waals surface area contributed by atoms with Gasteiger partial charge in [0.25, 0.3) is 0 Å². The molecule has 0 saturated heterocycles. The summed E-state index contributed by atoms with van der Waals surface area (Å²) in [6.07, 6.45) is 6.70. The van der Waals surface area contributed by atoms with E-state index in [0.29, 0.717) is 0 Å². The molecule has 1 aliphatic carbocycles.